The minimum Gasteiger partial charge on any atom is -0.496 e. The highest BCUT2D eigenvalue weighted by atomic mass is 16.5. The summed E-state index contributed by atoms with van der Waals surface area (Å²) >= 11 is 0. The number of furan rings is 1. The van der Waals surface area contributed by atoms with Crippen molar-refractivity contribution in [3.63, 3.8) is 0 Å². The molecule has 1 saturated heterocycles. The van der Waals surface area contributed by atoms with Gasteiger partial charge in [0.1, 0.15) is 11.5 Å². The summed E-state index contributed by atoms with van der Waals surface area (Å²) in [5.41, 5.74) is 0.912. The number of amides is 2. The number of carbonyl (C=O) groups is 2. The molecule has 0 spiro atoms. The Morgan fingerprint density at radius 1 is 1.36 bits per heavy atom. The molecule has 2 heterocycles. The highest BCUT2D eigenvalue weighted by molar-refractivity contribution is 5.89. The lowest BCUT2D eigenvalue weighted by Gasteiger charge is -2.19. The Bertz CT molecular complexity index is 742. The monoisotopic (exact) mass is 342 g/mol. The smallest absolute Gasteiger partial charge is 0.225 e. The van der Waals surface area contributed by atoms with Gasteiger partial charge in [0.25, 0.3) is 0 Å². The van der Waals surface area contributed by atoms with Crippen molar-refractivity contribution in [3.8, 4) is 5.75 Å². The molecule has 0 radical (unpaired) electrons. The summed E-state index contributed by atoms with van der Waals surface area (Å²) in [6.45, 7) is 2.72. The third kappa shape index (κ3) is 3.84. The number of hydrogen-bond acceptors (Lipinski definition) is 4. The minimum absolute atomic E-state index is 0.0264. The van der Waals surface area contributed by atoms with Gasteiger partial charge in [0.2, 0.25) is 11.8 Å². The van der Waals surface area contributed by atoms with Gasteiger partial charge in [0.05, 0.1) is 31.9 Å². The lowest BCUT2D eigenvalue weighted by Crippen LogP contribution is -2.34. The van der Waals surface area contributed by atoms with E-state index in [2.05, 4.69) is 5.32 Å². The van der Waals surface area contributed by atoms with Crippen molar-refractivity contribution in [2.75, 3.05) is 13.7 Å². The number of ether oxygens (including phenoxy) is 1. The van der Waals surface area contributed by atoms with Crippen LogP contribution in [0, 0.1) is 5.92 Å². The maximum Gasteiger partial charge on any atom is 0.225 e. The molecule has 6 nitrogen and oxygen atoms in total. The molecule has 2 atom stereocenters. The lowest BCUT2D eigenvalue weighted by atomic mass is 10.0. The second kappa shape index (κ2) is 7.42. The topological polar surface area (TPSA) is 71.8 Å². The molecule has 6 heteroatoms. The first-order valence-electron chi connectivity index (χ1n) is 8.32. The Morgan fingerprint density at radius 2 is 2.16 bits per heavy atom. The van der Waals surface area contributed by atoms with Crippen LogP contribution in [-0.2, 0) is 16.1 Å². The predicted molar refractivity (Wildman–Crippen MR) is 91.8 cm³/mol. The van der Waals surface area contributed by atoms with Crippen LogP contribution in [0.15, 0.2) is 47.1 Å². The van der Waals surface area contributed by atoms with Gasteiger partial charge in [-0.05, 0) is 25.1 Å². The Labute approximate surface area is 146 Å². The first kappa shape index (κ1) is 17.1. The van der Waals surface area contributed by atoms with E-state index in [4.69, 9.17) is 9.15 Å². The van der Waals surface area contributed by atoms with Crippen molar-refractivity contribution >= 4 is 11.8 Å². The van der Waals surface area contributed by atoms with Gasteiger partial charge in [-0.2, -0.15) is 0 Å². The molecule has 1 aliphatic rings. The number of nitrogens with zero attached hydrogens (tertiary/aromatic N) is 1. The Kier molecular flexibility index (Phi) is 5.07. The van der Waals surface area contributed by atoms with Crippen LogP contribution in [0.1, 0.15) is 30.7 Å². The average molecular weight is 342 g/mol. The second-order valence-electron chi connectivity index (χ2n) is 6.23. The highest BCUT2D eigenvalue weighted by Gasteiger charge is 2.35. The molecule has 1 aromatic heterocycles. The molecule has 2 amide bonds. The van der Waals surface area contributed by atoms with Gasteiger partial charge < -0.3 is 19.4 Å². The molecule has 1 aliphatic heterocycles. The molecule has 1 aromatic carbocycles. The van der Waals surface area contributed by atoms with E-state index >= 15 is 0 Å². The number of hydrogen-bond donors (Lipinski definition) is 1. The van der Waals surface area contributed by atoms with E-state index < -0.39 is 0 Å². The average Bonchev–Trinajstić information content (AvgIpc) is 3.25. The van der Waals surface area contributed by atoms with Crippen molar-refractivity contribution in [2.45, 2.75) is 25.9 Å². The molecule has 2 aromatic rings. The van der Waals surface area contributed by atoms with Crippen molar-refractivity contribution < 1.29 is 18.7 Å². The van der Waals surface area contributed by atoms with E-state index in [9.17, 15) is 9.59 Å². The molecule has 3 rings (SSSR count). The van der Waals surface area contributed by atoms with Gasteiger partial charge in [-0.1, -0.05) is 18.2 Å². The summed E-state index contributed by atoms with van der Waals surface area (Å²) in [5, 5.41) is 2.99. The molecular formula is C19H22N2O4. The summed E-state index contributed by atoms with van der Waals surface area (Å²) in [7, 11) is 1.61. The fourth-order valence-electron chi connectivity index (χ4n) is 3.12. The van der Waals surface area contributed by atoms with Gasteiger partial charge in [0, 0.05) is 18.5 Å². The van der Waals surface area contributed by atoms with Crippen molar-refractivity contribution in [2.24, 2.45) is 5.92 Å². The summed E-state index contributed by atoms with van der Waals surface area (Å²) in [5.74, 6) is 0.962. The molecule has 1 fully saturated rings. The maximum atomic E-state index is 12.6. The largest absolute Gasteiger partial charge is 0.496 e. The third-order valence-corrected chi connectivity index (χ3v) is 4.48. The summed E-state index contributed by atoms with van der Waals surface area (Å²) < 4.78 is 10.6. The number of nitrogens with one attached hydrogen (secondary N) is 1. The number of methoxy groups -OCH3 is 1. The quantitative estimate of drug-likeness (QED) is 0.875. The zero-order chi connectivity index (χ0) is 17.8. The first-order chi connectivity index (χ1) is 12.1. The van der Waals surface area contributed by atoms with E-state index in [1.54, 1.807) is 24.3 Å². The molecular weight excluding hydrogens is 320 g/mol. The molecule has 1 N–H and O–H groups in total. The second-order valence-corrected chi connectivity index (χ2v) is 6.23. The highest BCUT2D eigenvalue weighted by Crippen LogP contribution is 2.26. The summed E-state index contributed by atoms with van der Waals surface area (Å²) in [4.78, 5) is 26.4. The van der Waals surface area contributed by atoms with Crippen molar-refractivity contribution in [1.29, 1.82) is 0 Å². The van der Waals surface area contributed by atoms with Crippen LogP contribution < -0.4 is 10.1 Å². The van der Waals surface area contributed by atoms with E-state index in [0.717, 1.165) is 17.1 Å². The molecule has 0 bridgehead atoms. The summed E-state index contributed by atoms with van der Waals surface area (Å²) in [6, 6.07) is 11.0. The zero-order valence-corrected chi connectivity index (χ0v) is 14.4. The van der Waals surface area contributed by atoms with Crippen LogP contribution in [0.4, 0.5) is 0 Å². The number of rotatable bonds is 6. The normalized spacial score (nSPS) is 18.2. The molecule has 0 aliphatic carbocycles. The van der Waals surface area contributed by atoms with Crippen LogP contribution in [-0.4, -0.2) is 30.4 Å². The SMILES string of the molecule is COc1ccccc1C(C)NC(=O)C1CC(=O)N(Cc2ccco2)C1. The van der Waals surface area contributed by atoms with Crippen LogP contribution >= 0.6 is 0 Å². The third-order valence-electron chi connectivity index (χ3n) is 4.48. The van der Waals surface area contributed by atoms with Crippen LogP contribution in [0.3, 0.4) is 0 Å². The van der Waals surface area contributed by atoms with Gasteiger partial charge in [-0.25, -0.2) is 0 Å². The Morgan fingerprint density at radius 3 is 2.88 bits per heavy atom. The van der Waals surface area contributed by atoms with E-state index in [1.807, 2.05) is 37.3 Å². The van der Waals surface area contributed by atoms with Gasteiger partial charge in [-0.3, -0.25) is 9.59 Å². The van der Waals surface area contributed by atoms with Gasteiger partial charge in [0.15, 0.2) is 0 Å². The molecule has 2 unspecified atom stereocenters. The van der Waals surface area contributed by atoms with Crippen molar-refractivity contribution in [3.05, 3.63) is 54.0 Å². The fourth-order valence-corrected chi connectivity index (χ4v) is 3.12. The van der Waals surface area contributed by atoms with E-state index in [1.165, 1.54) is 0 Å². The van der Waals surface area contributed by atoms with Crippen LogP contribution in [0.25, 0.3) is 0 Å². The Balaban J connectivity index is 1.61. The number of para-hydroxylation sites is 1. The number of carbonyl (C=O) groups excluding carboxylic acids is 2. The van der Waals surface area contributed by atoms with Crippen LogP contribution in [0.5, 0.6) is 5.75 Å². The van der Waals surface area contributed by atoms with Gasteiger partial charge >= 0.3 is 0 Å². The minimum atomic E-state index is -0.348. The number of likely N-dealkylation sites (tertiary alicyclic amines) is 1. The Hall–Kier alpha value is -2.76. The van der Waals surface area contributed by atoms with E-state index in [0.29, 0.717) is 13.1 Å². The van der Waals surface area contributed by atoms with Crippen molar-refractivity contribution in [1.82, 2.24) is 10.2 Å². The number of benzene rings is 1. The lowest BCUT2D eigenvalue weighted by molar-refractivity contribution is -0.129. The maximum absolute atomic E-state index is 12.6. The zero-order valence-electron chi connectivity index (χ0n) is 14.4. The fraction of sp³-hybridized carbons (Fsp3) is 0.368. The molecule has 0 saturated carbocycles. The first-order valence-corrected chi connectivity index (χ1v) is 8.32. The summed E-state index contributed by atoms with van der Waals surface area (Å²) in [6.07, 6.45) is 1.81. The molecule has 132 valence electrons. The van der Waals surface area contributed by atoms with Crippen LogP contribution in [0.2, 0.25) is 0 Å². The predicted octanol–water partition coefficient (Wildman–Crippen LogP) is 2.51. The standard InChI is InChI=1S/C19H22N2O4/c1-13(16-7-3-4-8-17(16)24-2)20-19(23)14-10-18(22)21(11-14)12-15-6-5-9-25-15/h3-9,13-14H,10-12H2,1-2H3,(H,20,23). The van der Waals surface area contributed by atoms with E-state index in [-0.39, 0.29) is 30.2 Å². The van der Waals surface area contributed by atoms with Gasteiger partial charge in [-0.15, -0.1) is 0 Å². The molecule has 25 heavy (non-hydrogen) atoms.